The molecule has 2 atom stereocenters. The molecule has 8 nitrogen and oxygen atoms in total. The highest BCUT2D eigenvalue weighted by Gasteiger charge is 2.42. The molecule has 0 radical (unpaired) electrons. The monoisotopic (exact) mass is 357 g/mol. The Morgan fingerprint density at radius 2 is 2.12 bits per heavy atom. The van der Waals surface area contributed by atoms with E-state index in [4.69, 9.17) is 10.5 Å². The Hall–Kier alpha value is -3.16. The van der Waals surface area contributed by atoms with Crippen molar-refractivity contribution in [3.05, 3.63) is 41.7 Å². The molecule has 0 fully saturated rings. The minimum Gasteiger partial charge on any atom is -0.496 e. The summed E-state index contributed by atoms with van der Waals surface area (Å²) in [5.74, 6) is -1.97. The summed E-state index contributed by atoms with van der Waals surface area (Å²) in [5.41, 5.74) is 6.43. The predicted octanol–water partition coefficient (Wildman–Crippen LogP) is 0.830. The molecule has 0 bridgehead atoms. The number of imide groups is 1. The second kappa shape index (κ2) is 7.38. The van der Waals surface area contributed by atoms with Crippen molar-refractivity contribution in [2.75, 3.05) is 11.9 Å². The van der Waals surface area contributed by atoms with E-state index in [9.17, 15) is 19.2 Å². The number of amides is 3. The third kappa shape index (κ3) is 3.30. The van der Waals surface area contributed by atoms with Crippen LogP contribution in [-0.2, 0) is 14.3 Å². The quantitative estimate of drug-likeness (QED) is 0.525. The van der Waals surface area contributed by atoms with Crippen LogP contribution in [0.25, 0.3) is 0 Å². The van der Waals surface area contributed by atoms with E-state index < -0.39 is 23.8 Å². The average molecular weight is 357 g/mol. The van der Waals surface area contributed by atoms with Gasteiger partial charge in [0, 0.05) is 18.5 Å². The number of nitrogens with two attached hydrogens (primary N) is 1. The predicted molar refractivity (Wildman–Crippen MR) is 92.3 cm³/mol. The van der Waals surface area contributed by atoms with Crippen LogP contribution in [0.2, 0.25) is 0 Å². The highest BCUT2D eigenvalue weighted by atomic mass is 16.5. The summed E-state index contributed by atoms with van der Waals surface area (Å²) in [5, 5.41) is 3.17. The van der Waals surface area contributed by atoms with Crippen LogP contribution in [0.1, 0.15) is 40.0 Å². The summed E-state index contributed by atoms with van der Waals surface area (Å²) in [6.07, 6.45) is 5.08. The maximum Gasteiger partial charge on any atom is 0.262 e. The zero-order valence-electron chi connectivity index (χ0n) is 14.0. The molecule has 3 N–H and O–H groups in total. The third-order valence-corrected chi connectivity index (χ3v) is 4.42. The van der Waals surface area contributed by atoms with Gasteiger partial charge in [0.05, 0.1) is 23.9 Å². The molecule has 2 unspecified atom stereocenters. The van der Waals surface area contributed by atoms with Crippen molar-refractivity contribution in [3.8, 4) is 0 Å². The van der Waals surface area contributed by atoms with Gasteiger partial charge in [-0.3, -0.25) is 19.3 Å². The first-order chi connectivity index (χ1) is 12.5. The summed E-state index contributed by atoms with van der Waals surface area (Å²) in [4.78, 5) is 48.4. The molecule has 136 valence electrons. The number of anilines is 1. The van der Waals surface area contributed by atoms with Gasteiger partial charge in [-0.2, -0.15) is 0 Å². The summed E-state index contributed by atoms with van der Waals surface area (Å²) in [6, 6.07) is 3.68. The molecule has 1 aromatic carbocycles. The fourth-order valence-electron chi connectivity index (χ4n) is 3.07. The minimum absolute atomic E-state index is 0.0153. The molecule has 2 heterocycles. The Labute approximate surface area is 150 Å². The summed E-state index contributed by atoms with van der Waals surface area (Å²) >= 11 is 0. The van der Waals surface area contributed by atoms with Crippen LogP contribution in [0, 0.1) is 0 Å². The number of rotatable bonds is 8. The first-order valence-corrected chi connectivity index (χ1v) is 8.32. The fourth-order valence-corrected chi connectivity index (χ4v) is 3.07. The summed E-state index contributed by atoms with van der Waals surface area (Å²) in [7, 11) is 0. The van der Waals surface area contributed by atoms with Gasteiger partial charge in [0.15, 0.2) is 0 Å². The number of carbonyl (C=O) groups is 4. The van der Waals surface area contributed by atoms with Gasteiger partial charge in [0.2, 0.25) is 5.91 Å². The molecule has 3 amide bonds. The number of aldehydes is 1. The van der Waals surface area contributed by atoms with Crippen molar-refractivity contribution in [2.24, 2.45) is 5.73 Å². The maximum atomic E-state index is 12.7. The van der Waals surface area contributed by atoms with Crippen molar-refractivity contribution < 1.29 is 23.9 Å². The van der Waals surface area contributed by atoms with Crippen molar-refractivity contribution in [3.63, 3.8) is 0 Å². The van der Waals surface area contributed by atoms with Gasteiger partial charge in [-0.15, -0.1) is 0 Å². The number of nitrogens with one attached hydrogen (secondary N) is 1. The van der Waals surface area contributed by atoms with Gasteiger partial charge in [-0.1, -0.05) is 0 Å². The van der Waals surface area contributed by atoms with Crippen LogP contribution in [0.3, 0.4) is 0 Å². The number of primary amides is 1. The van der Waals surface area contributed by atoms with Crippen molar-refractivity contribution >= 4 is 29.7 Å². The Morgan fingerprint density at radius 3 is 2.77 bits per heavy atom. The number of fused-ring (bicyclic) bond motifs is 1. The Balaban J connectivity index is 1.78. The number of hydrogen-bond donors (Lipinski definition) is 2. The lowest BCUT2D eigenvalue weighted by molar-refractivity contribution is -0.122. The Morgan fingerprint density at radius 1 is 1.35 bits per heavy atom. The number of nitrogens with zero attached hydrogens (tertiary/aromatic N) is 1. The van der Waals surface area contributed by atoms with Gasteiger partial charge in [0.1, 0.15) is 18.4 Å². The smallest absolute Gasteiger partial charge is 0.262 e. The standard InChI is InChI=1S/C18H19N3O5/c19-16(23)15(4-1-7-22)21-17(24)13-6-5-11(9-14(13)18(21)25)20-10-12-3-2-8-26-12/h2,5-9,12,15,20H,1,3-4,10H2,(H2,19,23). The summed E-state index contributed by atoms with van der Waals surface area (Å²) < 4.78 is 5.37. The lowest BCUT2D eigenvalue weighted by Gasteiger charge is -2.22. The highest BCUT2D eigenvalue weighted by Crippen LogP contribution is 2.28. The first-order valence-electron chi connectivity index (χ1n) is 8.32. The summed E-state index contributed by atoms with van der Waals surface area (Å²) in [6.45, 7) is 0.556. The zero-order chi connectivity index (χ0) is 18.7. The van der Waals surface area contributed by atoms with E-state index in [1.165, 1.54) is 0 Å². The second-order valence-electron chi connectivity index (χ2n) is 6.15. The molecule has 0 aliphatic carbocycles. The molecule has 8 heteroatoms. The van der Waals surface area contributed by atoms with Crippen LogP contribution in [0.4, 0.5) is 5.69 Å². The lowest BCUT2D eigenvalue weighted by atomic mass is 10.1. The van der Waals surface area contributed by atoms with E-state index in [1.54, 1.807) is 24.5 Å². The normalized spacial score (nSPS) is 19.2. The number of ether oxygens (including phenoxy) is 1. The number of benzene rings is 1. The number of carbonyl (C=O) groups excluding carboxylic acids is 4. The van der Waals surface area contributed by atoms with Gasteiger partial charge < -0.3 is 20.6 Å². The molecule has 0 aromatic heterocycles. The van der Waals surface area contributed by atoms with Crippen LogP contribution >= 0.6 is 0 Å². The van der Waals surface area contributed by atoms with Gasteiger partial charge in [-0.25, -0.2) is 0 Å². The minimum atomic E-state index is -1.14. The van der Waals surface area contributed by atoms with E-state index >= 15 is 0 Å². The van der Waals surface area contributed by atoms with E-state index in [1.807, 2.05) is 6.08 Å². The van der Waals surface area contributed by atoms with Crippen molar-refractivity contribution in [2.45, 2.75) is 31.4 Å². The molecular weight excluding hydrogens is 338 g/mol. The topological polar surface area (TPSA) is 119 Å². The Kier molecular flexibility index (Phi) is 5.01. The highest BCUT2D eigenvalue weighted by molar-refractivity contribution is 6.23. The van der Waals surface area contributed by atoms with Crippen molar-refractivity contribution in [1.82, 2.24) is 4.90 Å². The lowest BCUT2D eigenvalue weighted by Crippen LogP contribution is -2.47. The molecule has 0 saturated carbocycles. The van der Waals surface area contributed by atoms with Gasteiger partial charge >= 0.3 is 0 Å². The Bertz CT molecular complexity index is 781. The largest absolute Gasteiger partial charge is 0.496 e. The van der Waals surface area contributed by atoms with Crippen molar-refractivity contribution in [1.29, 1.82) is 0 Å². The third-order valence-electron chi connectivity index (χ3n) is 4.42. The molecule has 2 aliphatic rings. The number of hydrogen-bond acceptors (Lipinski definition) is 6. The maximum absolute atomic E-state index is 12.7. The van der Waals surface area contributed by atoms with E-state index in [0.29, 0.717) is 18.5 Å². The molecular formula is C18H19N3O5. The van der Waals surface area contributed by atoms with Gasteiger partial charge in [0.25, 0.3) is 11.8 Å². The van der Waals surface area contributed by atoms with Gasteiger partial charge in [-0.05, 0) is 30.7 Å². The molecule has 0 spiro atoms. The van der Waals surface area contributed by atoms with Crippen LogP contribution < -0.4 is 11.1 Å². The fraction of sp³-hybridized carbons (Fsp3) is 0.333. The zero-order valence-corrected chi connectivity index (χ0v) is 14.0. The molecule has 26 heavy (non-hydrogen) atoms. The molecule has 2 aliphatic heterocycles. The SMILES string of the molecule is NC(=O)C(CCC=O)N1C(=O)c2ccc(NCC3CC=CO3)cc2C1=O. The van der Waals surface area contributed by atoms with Crippen LogP contribution in [-0.4, -0.2) is 47.6 Å². The molecule has 1 aromatic rings. The van der Waals surface area contributed by atoms with E-state index in [2.05, 4.69) is 5.32 Å². The second-order valence-corrected chi connectivity index (χ2v) is 6.15. The molecule has 3 rings (SSSR count). The average Bonchev–Trinajstić information content (AvgIpc) is 3.22. The van der Waals surface area contributed by atoms with Crippen LogP contribution in [0.15, 0.2) is 30.5 Å². The molecule has 0 saturated heterocycles. The van der Waals surface area contributed by atoms with E-state index in [0.717, 1.165) is 11.3 Å². The van der Waals surface area contributed by atoms with E-state index in [-0.39, 0.29) is 30.1 Å². The first kappa shape index (κ1) is 17.7. The van der Waals surface area contributed by atoms with Crippen LogP contribution in [0.5, 0.6) is 0 Å².